The molecule has 3 rings (SSSR count). The smallest absolute Gasteiger partial charge is 0.345 e. The molecule has 0 saturated carbocycles. The molecular formula is C22H25NO5. The fourth-order valence-corrected chi connectivity index (χ4v) is 3.16. The van der Waals surface area contributed by atoms with Gasteiger partial charge in [-0.25, -0.2) is 4.79 Å². The fourth-order valence-electron chi connectivity index (χ4n) is 3.16. The molecule has 1 aliphatic rings. The number of ether oxygens (including phenoxy) is 3. The van der Waals surface area contributed by atoms with E-state index in [4.69, 9.17) is 14.2 Å². The van der Waals surface area contributed by atoms with Gasteiger partial charge in [-0.1, -0.05) is 48.5 Å². The van der Waals surface area contributed by atoms with Crippen molar-refractivity contribution in [1.82, 2.24) is 4.90 Å². The molecule has 1 heterocycles. The average Bonchev–Trinajstić information content (AvgIpc) is 2.72. The Hall–Kier alpha value is -2.86. The number of rotatable bonds is 6. The van der Waals surface area contributed by atoms with E-state index < -0.39 is 12.1 Å². The second-order valence-corrected chi connectivity index (χ2v) is 6.73. The number of carbonyl (C=O) groups excluding carboxylic acids is 2. The van der Waals surface area contributed by atoms with Gasteiger partial charge >= 0.3 is 5.97 Å². The van der Waals surface area contributed by atoms with E-state index in [-0.39, 0.29) is 12.5 Å². The third-order valence-electron chi connectivity index (χ3n) is 4.64. The first-order valence-electron chi connectivity index (χ1n) is 9.36. The number of nitrogens with zero attached hydrogens (tertiary/aromatic N) is 1. The van der Waals surface area contributed by atoms with E-state index in [1.165, 1.54) is 0 Å². The van der Waals surface area contributed by atoms with Gasteiger partial charge in [0.15, 0.2) is 6.61 Å². The van der Waals surface area contributed by atoms with Crippen LogP contribution in [0.4, 0.5) is 0 Å². The SMILES string of the molecule is Cc1cccc(C)c1OCC(=O)OC(C(=O)N1CCOCC1)c1ccccc1. The maximum Gasteiger partial charge on any atom is 0.345 e. The minimum atomic E-state index is -0.992. The van der Waals surface area contributed by atoms with Crippen molar-refractivity contribution in [1.29, 1.82) is 0 Å². The van der Waals surface area contributed by atoms with Crippen LogP contribution in [-0.4, -0.2) is 49.7 Å². The standard InChI is InChI=1S/C22H25NO5/c1-16-7-6-8-17(2)20(16)27-15-19(24)28-21(18-9-4-3-5-10-18)22(25)23-11-13-26-14-12-23/h3-10,21H,11-15H2,1-2H3. The third kappa shape index (κ3) is 4.89. The second kappa shape index (κ2) is 9.37. The van der Waals surface area contributed by atoms with Gasteiger partial charge in [0.05, 0.1) is 13.2 Å². The summed E-state index contributed by atoms with van der Waals surface area (Å²) in [6, 6.07) is 14.8. The van der Waals surface area contributed by atoms with E-state index >= 15 is 0 Å². The monoisotopic (exact) mass is 383 g/mol. The zero-order valence-corrected chi connectivity index (χ0v) is 16.2. The fraction of sp³-hybridized carbons (Fsp3) is 0.364. The molecule has 28 heavy (non-hydrogen) atoms. The van der Waals surface area contributed by atoms with Crippen molar-refractivity contribution in [3.8, 4) is 5.75 Å². The molecule has 0 radical (unpaired) electrons. The Morgan fingerprint density at radius 1 is 1.00 bits per heavy atom. The highest BCUT2D eigenvalue weighted by atomic mass is 16.6. The molecular weight excluding hydrogens is 358 g/mol. The van der Waals surface area contributed by atoms with Crippen molar-refractivity contribution in [3.63, 3.8) is 0 Å². The lowest BCUT2D eigenvalue weighted by molar-refractivity contribution is -0.164. The van der Waals surface area contributed by atoms with Crippen molar-refractivity contribution in [3.05, 3.63) is 65.2 Å². The summed E-state index contributed by atoms with van der Waals surface area (Å²) in [5, 5.41) is 0. The van der Waals surface area contributed by atoms with Gasteiger partial charge in [0.25, 0.3) is 5.91 Å². The number of para-hydroxylation sites is 1. The molecule has 1 fully saturated rings. The summed E-state index contributed by atoms with van der Waals surface area (Å²) in [4.78, 5) is 27.1. The Labute approximate surface area is 165 Å². The van der Waals surface area contributed by atoms with Crippen LogP contribution in [-0.2, 0) is 19.1 Å². The van der Waals surface area contributed by atoms with E-state index in [9.17, 15) is 9.59 Å². The maximum atomic E-state index is 13.0. The van der Waals surface area contributed by atoms with Crippen molar-refractivity contribution >= 4 is 11.9 Å². The Morgan fingerprint density at radius 2 is 1.64 bits per heavy atom. The van der Waals surface area contributed by atoms with Crippen LogP contribution in [0.2, 0.25) is 0 Å². The lowest BCUT2D eigenvalue weighted by Gasteiger charge is -2.30. The first-order valence-corrected chi connectivity index (χ1v) is 9.36. The Morgan fingerprint density at radius 3 is 2.29 bits per heavy atom. The third-order valence-corrected chi connectivity index (χ3v) is 4.64. The van der Waals surface area contributed by atoms with Gasteiger partial charge in [0.1, 0.15) is 5.75 Å². The molecule has 1 unspecified atom stereocenters. The highest BCUT2D eigenvalue weighted by Gasteiger charge is 2.30. The summed E-state index contributed by atoms with van der Waals surface area (Å²) in [5.74, 6) is -0.164. The number of benzene rings is 2. The van der Waals surface area contributed by atoms with E-state index in [1.54, 1.807) is 17.0 Å². The molecule has 0 spiro atoms. The van der Waals surface area contributed by atoms with Crippen LogP contribution >= 0.6 is 0 Å². The number of aryl methyl sites for hydroxylation is 2. The summed E-state index contributed by atoms with van der Waals surface area (Å²) < 4.78 is 16.5. The van der Waals surface area contributed by atoms with E-state index in [2.05, 4.69) is 0 Å². The Balaban J connectivity index is 1.70. The number of hydrogen-bond donors (Lipinski definition) is 0. The van der Waals surface area contributed by atoms with Gasteiger partial charge in [-0.3, -0.25) is 4.79 Å². The van der Waals surface area contributed by atoms with Crippen molar-refractivity contribution in [2.75, 3.05) is 32.9 Å². The molecule has 0 aromatic heterocycles. The number of morpholine rings is 1. The normalized spacial score (nSPS) is 15.0. The topological polar surface area (TPSA) is 65.1 Å². The average molecular weight is 383 g/mol. The van der Waals surface area contributed by atoms with Gasteiger partial charge in [0, 0.05) is 18.7 Å². The van der Waals surface area contributed by atoms with Crippen LogP contribution in [0.5, 0.6) is 5.75 Å². The van der Waals surface area contributed by atoms with Crippen molar-refractivity contribution in [2.24, 2.45) is 0 Å². The zero-order chi connectivity index (χ0) is 19.9. The number of hydrogen-bond acceptors (Lipinski definition) is 5. The molecule has 1 atom stereocenters. The molecule has 2 aromatic rings. The number of carbonyl (C=O) groups is 2. The predicted molar refractivity (Wildman–Crippen MR) is 104 cm³/mol. The lowest BCUT2D eigenvalue weighted by atomic mass is 10.1. The van der Waals surface area contributed by atoms with E-state index in [0.717, 1.165) is 11.1 Å². The summed E-state index contributed by atoms with van der Waals surface area (Å²) in [7, 11) is 0. The first-order chi connectivity index (χ1) is 13.6. The molecule has 0 N–H and O–H groups in total. The molecule has 148 valence electrons. The van der Waals surface area contributed by atoms with Crippen LogP contribution < -0.4 is 4.74 Å². The Bertz CT molecular complexity index is 795. The minimum Gasteiger partial charge on any atom is -0.481 e. The summed E-state index contributed by atoms with van der Waals surface area (Å²) in [5.41, 5.74) is 2.52. The highest BCUT2D eigenvalue weighted by Crippen LogP contribution is 2.24. The van der Waals surface area contributed by atoms with Crippen molar-refractivity contribution in [2.45, 2.75) is 20.0 Å². The van der Waals surface area contributed by atoms with Crippen LogP contribution in [0, 0.1) is 13.8 Å². The first kappa shape index (κ1) is 19.9. The molecule has 1 aliphatic heterocycles. The maximum absolute atomic E-state index is 13.0. The highest BCUT2D eigenvalue weighted by molar-refractivity contribution is 5.85. The van der Waals surface area contributed by atoms with E-state index in [0.29, 0.717) is 37.6 Å². The molecule has 6 nitrogen and oxygen atoms in total. The molecule has 1 amide bonds. The lowest BCUT2D eigenvalue weighted by Crippen LogP contribution is -2.44. The summed E-state index contributed by atoms with van der Waals surface area (Å²) in [6.07, 6.45) is -0.992. The molecule has 1 saturated heterocycles. The largest absolute Gasteiger partial charge is 0.481 e. The van der Waals surface area contributed by atoms with Crippen LogP contribution in [0.1, 0.15) is 22.8 Å². The molecule has 0 bridgehead atoms. The van der Waals surface area contributed by atoms with Gasteiger partial charge in [-0.05, 0) is 25.0 Å². The number of esters is 1. The van der Waals surface area contributed by atoms with Gasteiger partial charge in [-0.15, -0.1) is 0 Å². The summed E-state index contributed by atoms with van der Waals surface area (Å²) in [6.45, 7) is 5.52. The van der Waals surface area contributed by atoms with Gasteiger partial charge in [-0.2, -0.15) is 0 Å². The zero-order valence-electron chi connectivity index (χ0n) is 16.2. The molecule has 2 aromatic carbocycles. The Kier molecular flexibility index (Phi) is 6.66. The molecule has 0 aliphatic carbocycles. The van der Waals surface area contributed by atoms with Gasteiger partial charge < -0.3 is 19.1 Å². The molecule has 6 heteroatoms. The van der Waals surface area contributed by atoms with E-state index in [1.807, 2.05) is 50.2 Å². The van der Waals surface area contributed by atoms with Crippen LogP contribution in [0.3, 0.4) is 0 Å². The predicted octanol–water partition coefficient (Wildman–Crippen LogP) is 2.83. The number of amides is 1. The van der Waals surface area contributed by atoms with Crippen LogP contribution in [0.25, 0.3) is 0 Å². The second-order valence-electron chi connectivity index (χ2n) is 6.73. The van der Waals surface area contributed by atoms with Gasteiger partial charge in [0.2, 0.25) is 6.10 Å². The minimum absolute atomic E-state index is 0.241. The summed E-state index contributed by atoms with van der Waals surface area (Å²) >= 11 is 0. The van der Waals surface area contributed by atoms with Crippen molar-refractivity contribution < 1.29 is 23.8 Å². The quantitative estimate of drug-likeness (QED) is 0.718. The van der Waals surface area contributed by atoms with Crippen LogP contribution in [0.15, 0.2) is 48.5 Å².